The molecule has 0 aliphatic heterocycles. The summed E-state index contributed by atoms with van der Waals surface area (Å²) < 4.78 is 10.5. The maximum absolute atomic E-state index is 12.4. The number of benzene rings is 1. The highest BCUT2D eigenvalue weighted by Crippen LogP contribution is 2.28. The standard InChI is InChI=1S/C16H15N3O3/c1-9-5-4-6-11(17-9)15-18-12-7-10(21-2)8-13(22-3)14(12)16(20)19-15/h4-8H,1-3H3,(H,18,19,20). The molecule has 6 nitrogen and oxygen atoms in total. The first kappa shape index (κ1) is 14.1. The first-order valence-corrected chi connectivity index (χ1v) is 6.72. The molecule has 0 amide bonds. The van der Waals surface area contributed by atoms with Gasteiger partial charge in [0.2, 0.25) is 0 Å². The molecule has 0 atom stereocenters. The summed E-state index contributed by atoms with van der Waals surface area (Å²) in [6, 6.07) is 8.91. The summed E-state index contributed by atoms with van der Waals surface area (Å²) in [5.74, 6) is 1.41. The fourth-order valence-corrected chi connectivity index (χ4v) is 2.29. The van der Waals surface area contributed by atoms with Crippen LogP contribution in [0.1, 0.15) is 5.69 Å². The predicted octanol–water partition coefficient (Wildman–Crippen LogP) is 2.31. The Hall–Kier alpha value is -2.89. The van der Waals surface area contributed by atoms with Gasteiger partial charge in [0.05, 0.1) is 19.7 Å². The number of fused-ring (bicyclic) bond motifs is 1. The molecule has 6 heteroatoms. The van der Waals surface area contributed by atoms with Gasteiger partial charge in [-0.3, -0.25) is 4.79 Å². The molecule has 112 valence electrons. The van der Waals surface area contributed by atoms with Crippen LogP contribution in [0.25, 0.3) is 22.4 Å². The maximum atomic E-state index is 12.4. The van der Waals surface area contributed by atoms with E-state index in [-0.39, 0.29) is 5.56 Å². The molecule has 0 radical (unpaired) electrons. The summed E-state index contributed by atoms with van der Waals surface area (Å²) in [6.45, 7) is 1.88. The molecule has 3 rings (SSSR count). The number of rotatable bonds is 3. The van der Waals surface area contributed by atoms with Crippen molar-refractivity contribution >= 4 is 10.9 Å². The van der Waals surface area contributed by atoms with Gasteiger partial charge < -0.3 is 14.5 Å². The number of nitrogens with one attached hydrogen (secondary N) is 1. The van der Waals surface area contributed by atoms with Gasteiger partial charge in [-0.2, -0.15) is 0 Å². The van der Waals surface area contributed by atoms with Gasteiger partial charge in [0.15, 0.2) is 5.82 Å². The van der Waals surface area contributed by atoms with E-state index in [1.54, 1.807) is 25.3 Å². The highest BCUT2D eigenvalue weighted by atomic mass is 16.5. The second kappa shape index (κ2) is 5.48. The van der Waals surface area contributed by atoms with Crippen LogP contribution in [0.3, 0.4) is 0 Å². The minimum atomic E-state index is -0.275. The van der Waals surface area contributed by atoms with Crippen LogP contribution in [0.15, 0.2) is 35.1 Å². The fourth-order valence-electron chi connectivity index (χ4n) is 2.29. The number of hydrogen-bond acceptors (Lipinski definition) is 5. The van der Waals surface area contributed by atoms with E-state index in [1.807, 2.05) is 19.1 Å². The van der Waals surface area contributed by atoms with Gasteiger partial charge in [0.1, 0.15) is 22.6 Å². The van der Waals surface area contributed by atoms with Gasteiger partial charge in [-0.1, -0.05) is 6.07 Å². The molecule has 0 saturated carbocycles. The van der Waals surface area contributed by atoms with Crippen molar-refractivity contribution in [3.8, 4) is 23.0 Å². The Kier molecular flexibility index (Phi) is 3.50. The van der Waals surface area contributed by atoms with Crippen LogP contribution in [-0.2, 0) is 0 Å². The largest absolute Gasteiger partial charge is 0.497 e. The lowest BCUT2D eigenvalue weighted by atomic mass is 10.2. The first-order chi connectivity index (χ1) is 10.6. The third-order valence-corrected chi connectivity index (χ3v) is 3.33. The highest BCUT2D eigenvalue weighted by molar-refractivity contribution is 5.87. The fraction of sp³-hybridized carbons (Fsp3) is 0.188. The molecule has 1 aromatic carbocycles. The molecule has 22 heavy (non-hydrogen) atoms. The lowest BCUT2D eigenvalue weighted by Crippen LogP contribution is -2.11. The van der Waals surface area contributed by atoms with E-state index in [9.17, 15) is 4.79 Å². The average molecular weight is 297 g/mol. The van der Waals surface area contributed by atoms with Gasteiger partial charge in [0, 0.05) is 17.8 Å². The topological polar surface area (TPSA) is 77.1 Å². The van der Waals surface area contributed by atoms with E-state index in [2.05, 4.69) is 15.0 Å². The number of aryl methyl sites for hydroxylation is 1. The Bertz CT molecular complexity index is 903. The smallest absolute Gasteiger partial charge is 0.262 e. The summed E-state index contributed by atoms with van der Waals surface area (Å²) in [4.78, 5) is 24.0. The van der Waals surface area contributed by atoms with Gasteiger partial charge in [-0.15, -0.1) is 0 Å². The number of hydrogen-bond donors (Lipinski definition) is 1. The van der Waals surface area contributed by atoms with Crippen molar-refractivity contribution in [1.29, 1.82) is 0 Å². The van der Waals surface area contributed by atoms with Crippen LogP contribution in [0.2, 0.25) is 0 Å². The summed E-state index contributed by atoms with van der Waals surface area (Å²) in [5.41, 5.74) is 1.69. The molecule has 0 aliphatic rings. The van der Waals surface area contributed by atoms with Crippen LogP contribution in [0.4, 0.5) is 0 Å². The molecule has 0 unspecified atom stereocenters. The van der Waals surface area contributed by atoms with Crippen molar-refractivity contribution < 1.29 is 9.47 Å². The van der Waals surface area contributed by atoms with Crippen LogP contribution in [0, 0.1) is 6.92 Å². The number of pyridine rings is 1. The van der Waals surface area contributed by atoms with E-state index < -0.39 is 0 Å². The Morgan fingerprint density at radius 3 is 2.59 bits per heavy atom. The zero-order valence-electron chi connectivity index (χ0n) is 12.5. The van der Waals surface area contributed by atoms with E-state index in [1.165, 1.54) is 7.11 Å². The molecule has 0 bridgehead atoms. The Labute approximate surface area is 126 Å². The first-order valence-electron chi connectivity index (χ1n) is 6.72. The minimum absolute atomic E-state index is 0.275. The monoisotopic (exact) mass is 297 g/mol. The van der Waals surface area contributed by atoms with Gasteiger partial charge in [0.25, 0.3) is 5.56 Å². The number of H-pyrrole nitrogens is 1. The van der Waals surface area contributed by atoms with Crippen LogP contribution < -0.4 is 15.0 Å². The zero-order chi connectivity index (χ0) is 15.7. The normalized spacial score (nSPS) is 10.7. The molecule has 0 spiro atoms. The molecule has 0 saturated heterocycles. The zero-order valence-corrected chi connectivity index (χ0v) is 12.5. The Balaban J connectivity index is 2.30. The molecular formula is C16H15N3O3. The summed E-state index contributed by atoms with van der Waals surface area (Å²) in [6.07, 6.45) is 0. The SMILES string of the molecule is COc1cc(OC)c2c(=O)[nH]c(-c3cccc(C)n3)nc2c1. The number of aromatic nitrogens is 3. The second-order valence-corrected chi connectivity index (χ2v) is 4.80. The van der Waals surface area contributed by atoms with Gasteiger partial charge >= 0.3 is 0 Å². The third-order valence-electron chi connectivity index (χ3n) is 3.33. The van der Waals surface area contributed by atoms with Crippen molar-refractivity contribution in [1.82, 2.24) is 15.0 Å². The van der Waals surface area contributed by atoms with Crippen molar-refractivity contribution in [3.05, 3.63) is 46.4 Å². The lowest BCUT2D eigenvalue weighted by Gasteiger charge is -2.09. The van der Waals surface area contributed by atoms with E-state index >= 15 is 0 Å². The number of methoxy groups -OCH3 is 2. The van der Waals surface area contributed by atoms with Crippen LogP contribution in [-0.4, -0.2) is 29.2 Å². The van der Waals surface area contributed by atoms with Crippen LogP contribution >= 0.6 is 0 Å². The van der Waals surface area contributed by atoms with Crippen LogP contribution in [0.5, 0.6) is 11.5 Å². The predicted molar refractivity (Wildman–Crippen MR) is 83.4 cm³/mol. The van der Waals surface area contributed by atoms with E-state index in [0.29, 0.717) is 33.9 Å². The van der Waals surface area contributed by atoms with E-state index in [0.717, 1.165) is 5.69 Å². The Morgan fingerprint density at radius 1 is 1.09 bits per heavy atom. The van der Waals surface area contributed by atoms with Gasteiger partial charge in [-0.05, 0) is 19.1 Å². The average Bonchev–Trinajstić information content (AvgIpc) is 2.53. The molecule has 3 aromatic rings. The molecule has 0 fully saturated rings. The number of aromatic amines is 1. The second-order valence-electron chi connectivity index (χ2n) is 4.80. The summed E-state index contributed by atoms with van der Waals surface area (Å²) in [5, 5.41) is 0.389. The summed E-state index contributed by atoms with van der Waals surface area (Å²) in [7, 11) is 3.06. The molecule has 2 heterocycles. The Morgan fingerprint density at radius 2 is 1.91 bits per heavy atom. The molecule has 0 aliphatic carbocycles. The quantitative estimate of drug-likeness (QED) is 0.802. The third kappa shape index (κ3) is 2.39. The summed E-state index contributed by atoms with van der Waals surface area (Å²) >= 11 is 0. The number of ether oxygens (including phenoxy) is 2. The van der Waals surface area contributed by atoms with E-state index in [4.69, 9.17) is 9.47 Å². The maximum Gasteiger partial charge on any atom is 0.262 e. The highest BCUT2D eigenvalue weighted by Gasteiger charge is 2.13. The number of nitrogens with zero attached hydrogens (tertiary/aromatic N) is 2. The van der Waals surface area contributed by atoms with Gasteiger partial charge in [-0.25, -0.2) is 9.97 Å². The molecule has 2 aromatic heterocycles. The lowest BCUT2D eigenvalue weighted by molar-refractivity contribution is 0.397. The van der Waals surface area contributed by atoms with Crippen molar-refractivity contribution in [2.24, 2.45) is 0 Å². The minimum Gasteiger partial charge on any atom is -0.497 e. The molecular weight excluding hydrogens is 282 g/mol. The molecule has 1 N–H and O–H groups in total. The van der Waals surface area contributed by atoms with Crippen molar-refractivity contribution in [3.63, 3.8) is 0 Å². The van der Waals surface area contributed by atoms with Crippen molar-refractivity contribution in [2.75, 3.05) is 14.2 Å². The van der Waals surface area contributed by atoms with Crippen molar-refractivity contribution in [2.45, 2.75) is 6.92 Å².